The highest BCUT2D eigenvalue weighted by Crippen LogP contribution is 2.45. The average Bonchev–Trinajstić information content (AvgIpc) is 3.13. The number of nitrogens with one attached hydrogen (secondary N) is 1. The maximum Gasteiger partial charge on any atom is 0.355 e. The van der Waals surface area contributed by atoms with Crippen LogP contribution in [0, 0.1) is 0 Å². The average molecular weight is 526 g/mol. The Bertz CT molecular complexity index is 1690. The van der Waals surface area contributed by atoms with Crippen LogP contribution in [0.25, 0.3) is 22.0 Å². The number of hydrogen-bond donors (Lipinski definition) is 1. The van der Waals surface area contributed by atoms with Crippen molar-refractivity contribution in [3.8, 4) is 11.1 Å². The van der Waals surface area contributed by atoms with Gasteiger partial charge in [-0.2, -0.15) is 0 Å². The minimum atomic E-state index is -3.27. The fraction of sp³-hybridized carbons (Fsp3) is 0.231. The number of aromatic nitrogens is 2. The zero-order chi connectivity index (χ0) is 25.8. The van der Waals surface area contributed by atoms with Gasteiger partial charge in [0.25, 0.3) is 5.56 Å². The molecule has 1 aliphatic rings. The zero-order valence-electron chi connectivity index (χ0n) is 20.0. The van der Waals surface area contributed by atoms with E-state index in [9.17, 15) is 18.0 Å². The number of sulfone groups is 1. The fourth-order valence-corrected chi connectivity index (χ4v) is 5.66. The number of carbonyl (C=O) groups excluding carboxylic acids is 1. The van der Waals surface area contributed by atoms with Crippen LogP contribution in [0.3, 0.4) is 0 Å². The van der Waals surface area contributed by atoms with E-state index in [0.29, 0.717) is 27.1 Å². The summed E-state index contributed by atoms with van der Waals surface area (Å²) < 4.78 is 30.9. The third-order valence-electron chi connectivity index (χ3n) is 6.23. The number of pyridine rings is 1. The number of nitrogens with zero attached hydrogens (tertiary/aromatic N) is 2. The largest absolute Gasteiger partial charge is 0.461 e. The Balaban J connectivity index is 1.87. The standard InChI is InChI=1S/C26H24ClN3O5S/c1-4-35-26(32)23-20-13-30(17-8-6-16(27)7-9-17)21-10-5-15(14-36(3,33)34)11-18(21)19-12-29(2)25(31)24(28-23)22(19)20/h5-12,28H,4,13-14H2,1-3H3. The molecule has 4 aromatic rings. The Hall–Kier alpha value is -3.56. The number of carbonyl (C=O) groups is 1. The lowest BCUT2D eigenvalue weighted by Gasteiger charge is -2.26. The maximum atomic E-state index is 13.1. The van der Waals surface area contributed by atoms with Crippen molar-refractivity contribution in [2.75, 3.05) is 17.8 Å². The summed E-state index contributed by atoms with van der Waals surface area (Å²) in [6.07, 6.45) is 2.92. The number of ether oxygens (including phenoxy) is 1. The second-order valence-electron chi connectivity index (χ2n) is 8.89. The summed E-state index contributed by atoms with van der Waals surface area (Å²) in [7, 11) is -1.63. The molecule has 3 heterocycles. The van der Waals surface area contributed by atoms with Crippen LogP contribution in [0.4, 0.5) is 11.4 Å². The van der Waals surface area contributed by atoms with Crippen molar-refractivity contribution < 1.29 is 17.9 Å². The van der Waals surface area contributed by atoms with E-state index in [0.717, 1.165) is 22.5 Å². The second kappa shape index (κ2) is 8.83. The Morgan fingerprint density at radius 2 is 1.86 bits per heavy atom. The minimum Gasteiger partial charge on any atom is -0.461 e. The van der Waals surface area contributed by atoms with E-state index in [1.807, 2.05) is 29.2 Å². The number of aromatic amines is 1. The first-order chi connectivity index (χ1) is 17.1. The fourth-order valence-electron chi connectivity index (χ4n) is 4.75. The number of rotatable bonds is 5. The number of fused-ring (bicyclic) bond motifs is 2. The first-order valence-electron chi connectivity index (χ1n) is 11.3. The van der Waals surface area contributed by atoms with Gasteiger partial charge < -0.3 is 19.2 Å². The highest BCUT2D eigenvalue weighted by atomic mass is 35.5. The quantitative estimate of drug-likeness (QED) is 0.383. The Morgan fingerprint density at radius 1 is 1.14 bits per heavy atom. The molecular weight excluding hydrogens is 502 g/mol. The molecule has 0 fully saturated rings. The van der Waals surface area contributed by atoms with E-state index >= 15 is 0 Å². The molecule has 36 heavy (non-hydrogen) atoms. The molecule has 0 saturated heterocycles. The third kappa shape index (κ3) is 4.18. The van der Waals surface area contributed by atoms with E-state index in [1.165, 1.54) is 10.8 Å². The molecular formula is C26H24ClN3O5S. The van der Waals surface area contributed by atoms with Gasteiger partial charge in [-0.15, -0.1) is 0 Å². The molecule has 0 aliphatic carbocycles. The summed E-state index contributed by atoms with van der Waals surface area (Å²) in [5, 5.41) is 1.20. The van der Waals surface area contributed by atoms with Crippen LogP contribution in [0.15, 0.2) is 53.5 Å². The molecule has 0 unspecified atom stereocenters. The third-order valence-corrected chi connectivity index (χ3v) is 7.34. The van der Waals surface area contributed by atoms with Crippen LogP contribution in [-0.4, -0.2) is 36.8 Å². The SMILES string of the molecule is CCOC(=O)c1[nH]c2c(=O)n(C)cc3c2c1CN(c1ccc(Cl)cc1)c1ccc(CS(C)(=O)=O)cc1-3. The van der Waals surface area contributed by atoms with Gasteiger partial charge in [-0.1, -0.05) is 17.7 Å². The van der Waals surface area contributed by atoms with E-state index in [1.54, 1.807) is 38.4 Å². The Morgan fingerprint density at radius 3 is 2.53 bits per heavy atom. The minimum absolute atomic E-state index is 0.121. The first-order valence-corrected chi connectivity index (χ1v) is 13.8. The van der Waals surface area contributed by atoms with Crippen LogP contribution in [0.5, 0.6) is 0 Å². The number of esters is 1. The van der Waals surface area contributed by atoms with Crippen LogP contribution in [-0.2, 0) is 33.9 Å². The monoisotopic (exact) mass is 525 g/mol. The van der Waals surface area contributed by atoms with Crippen molar-refractivity contribution in [2.24, 2.45) is 7.05 Å². The molecule has 0 radical (unpaired) electrons. The van der Waals surface area contributed by atoms with Crippen molar-refractivity contribution in [3.63, 3.8) is 0 Å². The highest BCUT2D eigenvalue weighted by Gasteiger charge is 2.30. The summed E-state index contributed by atoms with van der Waals surface area (Å²) in [5.74, 6) is -0.666. The summed E-state index contributed by atoms with van der Waals surface area (Å²) in [6, 6.07) is 12.8. The molecule has 1 aliphatic heterocycles. The molecule has 0 bridgehead atoms. The lowest BCUT2D eigenvalue weighted by Crippen LogP contribution is -2.19. The molecule has 8 nitrogen and oxygen atoms in total. The van der Waals surface area contributed by atoms with Gasteiger partial charge >= 0.3 is 5.97 Å². The Kier molecular flexibility index (Phi) is 5.92. The number of H-pyrrole nitrogens is 1. The second-order valence-corrected chi connectivity index (χ2v) is 11.5. The number of halogens is 1. The summed E-state index contributed by atoms with van der Waals surface area (Å²) in [5.41, 5.74) is 4.59. The number of benzene rings is 2. The highest BCUT2D eigenvalue weighted by molar-refractivity contribution is 7.89. The summed E-state index contributed by atoms with van der Waals surface area (Å²) in [6.45, 7) is 2.19. The molecule has 1 N–H and O–H groups in total. The summed E-state index contributed by atoms with van der Waals surface area (Å²) in [4.78, 5) is 31.1. The van der Waals surface area contributed by atoms with Crippen LogP contribution in [0.1, 0.15) is 28.5 Å². The Labute approximate surface area is 213 Å². The molecule has 5 rings (SSSR count). The predicted molar refractivity (Wildman–Crippen MR) is 141 cm³/mol. The van der Waals surface area contributed by atoms with Crippen molar-refractivity contribution >= 4 is 49.7 Å². The van der Waals surface area contributed by atoms with Gasteiger partial charge in [0.2, 0.25) is 0 Å². The van der Waals surface area contributed by atoms with Crippen LogP contribution in [0.2, 0.25) is 5.02 Å². The van der Waals surface area contributed by atoms with Crippen molar-refractivity contribution in [1.82, 2.24) is 9.55 Å². The van der Waals surface area contributed by atoms with Crippen LogP contribution < -0.4 is 10.5 Å². The van der Waals surface area contributed by atoms with Gasteiger partial charge in [0.1, 0.15) is 11.2 Å². The topological polar surface area (TPSA) is 101 Å². The molecule has 0 saturated carbocycles. The van der Waals surface area contributed by atoms with Gasteiger partial charge in [0.05, 0.1) is 18.9 Å². The van der Waals surface area contributed by atoms with Gasteiger partial charge in [-0.25, -0.2) is 13.2 Å². The van der Waals surface area contributed by atoms with Crippen LogP contribution >= 0.6 is 11.6 Å². The van der Waals surface area contributed by atoms with Gasteiger partial charge in [0, 0.05) is 58.0 Å². The van der Waals surface area contributed by atoms with Gasteiger partial charge in [-0.05, 0) is 48.9 Å². The lowest BCUT2D eigenvalue weighted by molar-refractivity contribution is 0.0519. The smallest absolute Gasteiger partial charge is 0.355 e. The number of hydrogen-bond acceptors (Lipinski definition) is 6. The molecule has 0 spiro atoms. The molecule has 0 amide bonds. The van der Waals surface area contributed by atoms with Crippen molar-refractivity contribution in [2.45, 2.75) is 19.2 Å². The zero-order valence-corrected chi connectivity index (χ0v) is 21.5. The van der Waals surface area contributed by atoms with Crippen molar-refractivity contribution in [3.05, 3.63) is 80.9 Å². The van der Waals surface area contributed by atoms with E-state index in [-0.39, 0.29) is 30.2 Å². The number of aryl methyl sites for hydroxylation is 1. The van der Waals surface area contributed by atoms with E-state index in [4.69, 9.17) is 16.3 Å². The van der Waals surface area contributed by atoms with Gasteiger partial charge in [0.15, 0.2) is 9.84 Å². The molecule has 0 atom stereocenters. The molecule has 2 aromatic heterocycles. The van der Waals surface area contributed by atoms with Gasteiger partial charge in [-0.3, -0.25) is 4.79 Å². The predicted octanol–water partition coefficient (Wildman–Crippen LogP) is 4.56. The van der Waals surface area contributed by atoms with E-state index < -0.39 is 15.8 Å². The van der Waals surface area contributed by atoms with E-state index in [2.05, 4.69) is 4.98 Å². The summed E-state index contributed by atoms with van der Waals surface area (Å²) >= 11 is 6.14. The molecule has 186 valence electrons. The maximum absolute atomic E-state index is 13.1. The normalized spacial score (nSPS) is 12.9. The molecule has 2 aromatic carbocycles. The molecule has 10 heteroatoms. The number of anilines is 2. The van der Waals surface area contributed by atoms with Crippen molar-refractivity contribution in [1.29, 1.82) is 0 Å². The first kappa shape index (κ1) is 24.1. The lowest BCUT2D eigenvalue weighted by atomic mass is 9.99.